The van der Waals surface area contributed by atoms with Gasteiger partial charge in [0.15, 0.2) is 6.61 Å². The van der Waals surface area contributed by atoms with E-state index in [0.29, 0.717) is 20.8 Å². The van der Waals surface area contributed by atoms with Gasteiger partial charge in [0.2, 0.25) is 0 Å². The normalized spacial score (nSPS) is 11.1. The Labute approximate surface area is 183 Å². The number of carbonyl (C=O) groups is 1. The predicted octanol–water partition coefficient (Wildman–Crippen LogP) is 5.58. The summed E-state index contributed by atoms with van der Waals surface area (Å²) in [5.74, 6) is 0.179. The summed E-state index contributed by atoms with van der Waals surface area (Å²) in [4.78, 5) is 11.9. The van der Waals surface area contributed by atoms with Crippen LogP contribution in [0.15, 0.2) is 53.6 Å². The zero-order valence-corrected chi connectivity index (χ0v) is 18.0. The molecule has 5 nitrogen and oxygen atoms in total. The van der Waals surface area contributed by atoms with Crippen LogP contribution in [0.1, 0.15) is 17.0 Å². The van der Waals surface area contributed by atoms with Gasteiger partial charge in [0.1, 0.15) is 5.75 Å². The van der Waals surface area contributed by atoms with E-state index in [1.54, 1.807) is 36.5 Å². The number of hydrazone groups is 1. The largest absolute Gasteiger partial charge is 0.484 e. The van der Waals surface area contributed by atoms with Gasteiger partial charge in [-0.15, -0.1) is 0 Å². The summed E-state index contributed by atoms with van der Waals surface area (Å²) >= 11 is 18.3. The number of nitrogens with zero attached hydrogens (tertiary/aromatic N) is 2. The monoisotopic (exact) mass is 449 g/mol. The van der Waals surface area contributed by atoms with Gasteiger partial charge in [-0.2, -0.15) is 5.10 Å². The van der Waals surface area contributed by atoms with Crippen LogP contribution in [-0.2, 0) is 4.79 Å². The van der Waals surface area contributed by atoms with Crippen LogP contribution in [0.2, 0.25) is 15.1 Å². The third kappa shape index (κ3) is 5.12. The van der Waals surface area contributed by atoms with Gasteiger partial charge in [-0.1, -0.05) is 40.9 Å². The highest BCUT2D eigenvalue weighted by molar-refractivity contribution is 6.43. The Bertz CT molecular complexity index is 1060. The molecule has 3 rings (SSSR count). The third-order valence-corrected chi connectivity index (χ3v) is 5.28. The zero-order chi connectivity index (χ0) is 21.0. The molecule has 150 valence electrons. The summed E-state index contributed by atoms with van der Waals surface area (Å²) in [6.45, 7) is 3.74. The molecule has 0 bridgehead atoms. The highest BCUT2D eigenvalue weighted by Crippen LogP contribution is 2.31. The lowest BCUT2D eigenvalue weighted by Gasteiger charge is -2.12. The minimum absolute atomic E-state index is 0.157. The molecule has 0 fully saturated rings. The van der Waals surface area contributed by atoms with Crippen LogP contribution in [0.3, 0.4) is 0 Å². The molecule has 2 aromatic carbocycles. The van der Waals surface area contributed by atoms with Crippen LogP contribution in [-0.4, -0.2) is 23.3 Å². The van der Waals surface area contributed by atoms with Crippen molar-refractivity contribution in [2.75, 3.05) is 6.61 Å². The van der Waals surface area contributed by atoms with Gasteiger partial charge in [-0.05, 0) is 56.3 Å². The first kappa shape index (κ1) is 21.2. The molecule has 0 aliphatic heterocycles. The van der Waals surface area contributed by atoms with Gasteiger partial charge in [0, 0.05) is 22.0 Å². The summed E-state index contributed by atoms with van der Waals surface area (Å²) < 4.78 is 7.37. The maximum atomic E-state index is 11.9. The number of ether oxygens (including phenoxy) is 1. The van der Waals surface area contributed by atoms with Crippen LogP contribution in [0.25, 0.3) is 5.69 Å². The Hall–Kier alpha value is -2.47. The fraction of sp³-hybridized carbons (Fsp3) is 0.143. The molecule has 1 heterocycles. The van der Waals surface area contributed by atoms with Gasteiger partial charge in [0.25, 0.3) is 5.91 Å². The van der Waals surface area contributed by atoms with Crippen molar-refractivity contribution in [1.29, 1.82) is 0 Å². The minimum Gasteiger partial charge on any atom is -0.484 e. The standard InChI is InChI=1S/C21H18Cl3N3O2/c1-13-10-15(14(2)27(13)19-5-3-4-18(23)21(19)24)11-25-26-20(28)12-29-17-8-6-16(22)7-9-17/h3-11H,12H2,1-2H3,(H,26,28)/b25-11-. The SMILES string of the molecule is Cc1cc(/C=N\NC(=O)COc2ccc(Cl)cc2)c(C)n1-c1cccc(Cl)c1Cl. The van der Waals surface area contributed by atoms with Crippen LogP contribution >= 0.6 is 34.8 Å². The summed E-state index contributed by atoms with van der Waals surface area (Å²) in [5.41, 5.74) is 5.97. The number of rotatable bonds is 6. The number of nitrogens with one attached hydrogen (secondary N) is 1. The molecule has 0 aliphatic rings. The second-order valence-electron chi connectivity index (χ2n) is 6.27. The Morgan fingerprint density at radius 1 is 1.14 bits per heavy atom. The Morgan fingerprint density at radius 3 is 2.59 bits per heavy atom. The van der Waals surface area contributed by atoms with Gasteiger partial charge in [-0.25, -0.2) is 5.43 Å². The van der Waals surface area contributed by atoms with Crippen molar-refractivity contribution in [3.63, 3.8) is 0 Å². The quantitative estimate of drug-likeness (QED) is 0.393. The number of aromatic nitrogens is 1. The highest BCUT2D eigenvalue weighted by atomic mass is 35.5. The van der Waals surface area contributed by atoms with E-state index in [0.717, 1.165) is 22.6 Å². The number of amides is 1. The Balaban J connectivity index is 1.66. The molecule has 0 aliphatic carbocycles. The van der Waals surface area contributed by atoms with Crippen LogP contribution in [0.4, 0.5) is 0 Å². The second kappa shape index (κ2) is 9.35. The number of benzene rings is 2. The number of hydrogen-bond acceptors (Lipinski definition) is 3. The van der Waals surface area contributed by atoms with E-state index in [1.807, 2.05) is 36.6 Å². The number of hydrogen-bond donors (Lipinski definition) is 1. The Kier molecular flexibility index (Phi) is 6.85. The average molecular weight is 451 g/mol. The van der Waals surface area contributed by atoms with E-state index in [-0.39, 0.29) is 12.5 Å². The smallest absolute Gasteiger partial charge is 0.277 e. The molecule has 0 saturated carbocycles. The molecule has 1 amide bonds. The van der Waals surface area contributed by atoms with E-state index in [2.05, 4.69) is 10.5 Å². The van der Waals surface area contributed by atoms with E-state index >= 15 is 0 Å². The number of aryl methyl sites for hydroxylation is 1. The molecule has 1 N–H and O–H groups in total. The van der Waals surface area contributed by atoms with Crippen LogP contribution < -0.4 is 10.2 Å². The van der Waals surface area contributed by atoms with Gasteiger partial charge < -0.3 is 9.30 Å². The van der Waals surface area contributed by atoms with E-state index in [9.17, 15) is 4.79 Å². The molecule has 3 aromatic rings. The maximum absolute atomic E-state index is 11.9. The fourth-order valence-corrected chi connectivity index (χ4v) is 3.35. The molecular formula is C21H18Cl3N3O2. The second-order valence-corrected chi connectivity index (χ2v) is 7.49. The fourth-order valence-electron chi connectivity index (χ4n) is 2.84. The van der Waals surface area contributed by atoms with Crippen molar-refractivity contribution in [3.05, 3.63) is 80.6 Å². The van der Waals surface area contributed by atoms with Crippen molar-refractivity contribution in [2.24, 2.45) is 5.10 Å². The molecule has 0 radical (unpaired) electrons. The minimum atomic E-state index is -0.372. The Morgan fingerprint density at radius 2 is 1.86 bits per heavy atom. The lowest BCUT2D eigenvalue weighted by molar-refractivity contribution is -0.123. The molecule has 0 spiro atoms. The summed E-state index contributed by atoms with van der Waals surface area (Å²) in [6, 6.07) is 14.2. The van der Waals surface area contributed by atoms with Gasteiger partial charge >= 0.3 is 0 Å². The summed E-state index contributed by atoms with van der Waals surface area (Å²) in [6.07, 6.45) is 1.58. The number of halogens is 3. The first-order valence-electron chi connectivity index (χ1n) is 8.70. The first-order valence-corrected chi connectivity index (χ1v) is 9.84. The lowest BCUT2D eigenvalue weighted by Crippen LogP contribution is -2.24. The average Bonchev–Trinajstić information content (AvgIpc) is 2.97. The van der Waals surface area contributed by atoms with Crippen molar-refractivity contribution in [3.8, 4) is 11.4 Å². The van der Waals surface area contributed by atoms with E-state index in [1.165, 1.54) is 0 Å². The lowest BCUT2D eigenvalue weighted by atomic mass is 10.2. The highest BCUT2D eigenvalue weighted by Gasteiger charge is 2.13. The maximum Gasteiger partial charge on any atom is 0.277 e. The summed E-state index contributed by atoms with van der Waals surface area (Å²) in [7, 11) is 0. The van der Waals surface area contributed by atoms with Crippen molar-refractivity contribution in [2.45, 2.75) is 13.8 Å². The molecular weight excluding hydrogens is 433 g/mol. The molecule has 1 aromatic heterocycles. The summed E-state index contributed by atoms with van der Waals surface area (Å²) in [5, 5.41) is 5.58. The van der Waals surface area contributed by atoms with Gasteiger partial charge in [0.05, 0.1) is 21.9 Å². The molecule has 0 atom stereocenters. The van der Waals surface area contributed by atoms with E-state index in [4.69, 9.17) is 39.5 Å². The predicted molar refractivity (Wildman–Crippen MR) is 118 cm³/mol. The molecule has 29 heavy (non-hydrogen) atoms. The first-order chi connectivity index (χ1) is 13.9. The van der Waals surface area contributed by atoms with Crippen LogP contribution in [0, 0.1) is 13.8 Å². The van der Waals surface area contributed by atoms with Crippen molar-refractivity contribution >= 4 is 46.9 Å². The van der Waals surface area contributed by atoms with Gasteiger partial charge in [-0.3, -0.25) is 4.79 Å². The molecule has 8 heteroatoms. The molecule has 0 saturated heterocycles. The van der Waals surface area contributed by atoms with Crippen LogP contribution in [0.5, 0.6) is 5.75 Å². The molecule has 0 unspecified atom stereocenters. The number of carbonyl (C=O) groups excluding carboxylic acids is 1. The van der Waals surface area contributed by atoms with Crippen molar-refractivity contribution in [1.82, 2.24) is 9.99 Å². The zero-order valence-electron chi connectivity index (χ0n) is 15.7. The van der Waals surface area contributed by atoms with Crippen molar-refractivity contribution < 1.29 is 9.53 Å². The third-order valence-electron chi connectivity index (χ3n) is 4.22. The van der Waals surface area contributed by atoms with E-state index < -0.39 is 0 Å². The topological polar surface area (TPSA) is 55.6 Å².